The third kappa shape index (κ3) is 12.2. The van der Waals surface area contributed by atoms with Crippen LogP contribution in [-0.2, 0) is 67.3 Å². The molecule has 0 fully saturated rings. The van der Waals surface area contributed by atoms with Crippen molar-refractivity contribution in [2.75, 3.05) is 37.6 Å². The van der Waals surface area contributed by atoms with Gasteiger partial charge in [-0.2, -0.15) is 21.9 Å². The van der Waals surface area contributed by atoms with Gasteiger partial charge in [0.25, 0.3) is 10.1 Å². The third-order valence-electron chi connectivity index (χ3n) is 7.08. The molecular weight excluding hydrogens is 907 g/mol. The second-order valence-corrected chi connectivity index (χ2v) is 18.6. The van der Waals surface area contributed by atoms with Gasteiger partial charge in [-0.3, -0.25) is 13.3 Å². The van der Waals surface area contributed by atoms with Crippen LogP contribution < -0.4 is 10.5 Å². The number of azo groups is 2. The molecule has 31 heteroatoms. The van der Waals surface area contributed by atoms with Crippen LogP contribution in [0.1, 0.15) is 0 Å². The molecule has 0 heterocycles. The molecule has 316 valence electrons. The molecule has 0 unspecified atom stereocenters. The summed E-state index contributed by atoms with van der Waals surface area (Å²) in [6.45, 7) is -1.34. The van der Waals surface area contributed by atoms with E-state index in [1.807, 2.05) is 0 Å². The topological polar surface area (TPSA) is 378 Å². The summed E-state index contributed by atoms with van der Waals surface area (Å²) in [6.07, 6.45) is 0. The Bertz CT molecular complexity index is 2660. The highest BCUT2D eigenvalue weighted by molar-refractivity contribution is 7.94. The van der Waals surface area contributed by atoms with Crippen molar-refractivity contribution in [1.82, 2.24) is 0 Å². The second kappa shape index (κ2) is 19.7. The first-order valence-electron chi connectivity index (χ1n) is 14.9. The number of nitrogens with two attached hydrogens (primary N) is 1. The van der Waals surface area contributed by atoms with E-state index >= 15 is 0 Å². The Balaban J connectivity index is 1.82. The van der Waals surface area contributed by atoms with Gasteiger partial charge in [0.1, 0.15) is 27.7 Å². The third-order valence-corrected chi connectivity index (χ3v) is 12.8. The number of methoxy groups -OCH3 is 1. The number of ether oxygens (including phenoxy) is 1. The number of nitrogens with zero attached hydrogens (tertiary/aromatic N) is 4. The number of rotatable bonds is 21. The number of aromatic hydroxyl groups is 1. The first kappa shape index (κ1) is 46.5. The number of fused-ring (bicyclic) bond motifs is 1. The lowest BCUT2D eigenvalue weighted by molar-refractivity contribution is -0.434. The summed E-state index contributed by atoms with van der Waals surface area (Å²) in [7, 11) is -17.1. The lowest BCUT2D eigenvalue weighted by Crippen LogP contribution is -2.15. The largest absolute Gasteiger partial charge is 0.505 e. The summed E-state index contributed by atoms with van der Waals surface area (Å²) < 4.78 is 139. The highest BCUT2D eigenvalue weighted by Gasteiger charge is 2.26. The van der Waals surface area contributed by atoms with Gasteiger partial charge in [0.15, 0.2) is 37.7 Å². The van der Waals surface area contributed by atoms with Gasteiger partial charge < -0.3 is 15.6 Å². The van der Waals surface area contributed by atoms with Gasteiger partial charge >= 0.3 is 10.4 Å². The van der Waals surface area contributed by atoms with Crippen molar-refractivity contribution in [3.05, 3.63) is 54.6 Å². The van der Waals surface area contributed by atoms with Gasteiger partial charge in [-0.25, -0.2) is 31.5 Å². The maximum absolute atomic E-state index is 12.9. The Morgan fingerprint density at radius 2 is 1.41 bits per heavy atom. The van der Waals surface area contributed by atoms with Gasteiger partial charge in [-0.05, 0) is 53.9 Å². The normalized spacial score (nSPS) is 12.9. The van der Waals surface area contributed by atoms with Crippen LogP contribution in [0.2, 0.25) is 0 Å². The number of hydrogen-bond acceptors (Lipinski definition) is 25. The van der Waals surface area contributed by atoms with Crippen LogP contribution in [0.3, 0.4) is 0 Å². The summed E-state index contributed by atoms with van der Waals surface area (Å²) in [5.74, 6) is -2.31. The standard InChI is InChI=1S/C27H27N5O20S6/c1-46-20-6-5-18(55(36,37)9-7-47-54-52-50-35)14-19(20)30-31-25-21(53-51-49-34)11-15-12-22(57(40,41)42)26(24(28)23(15)27(25)33)32-29-16-3-2-4-17(13-16)56(38,39)10-8-48-58(43,44)45/h2-6,11-14,33-35H,7-10,28H2,1H3,(H,40,41,42)(H,43,44,45)/b31-30+,32-29+. The van der Waals surface area contributed by atoms with Crippen molar-refractivity contribution < 1.29 is 90.2 Å². The van der Waals surface area contributed by atoms with Gasteiger partial charge in [-0.15, -0.1) is 24.0 Å². The molecule has 0 aromatic heterocycles. The van der Waals surface area contributed by atoms with E-state index in [-0.39, 0.29) is 62.1 Å². The van der Waals surface area contributed by atoms with Crippen LogP contribution in [-0.4, -0.2) is 90.2 Å². The van der Waals surface area contributed by atoms with E-state index in [0.717, 1.165) is 30.3 Å². The van der Waals surface area contributed by atoms with Crippen molar-refractivity contribution in [3.63, 3.8) is 0 Å². The molecule has 0 aliphatic carbocycles. The molecule has 0 atom stereocenters. The first-order valence-corrected chi connectivity index (χ1v) is 22.4. The van der Waals surface area contributed by atoms with Crippen LogP contribution in [0.5, 0.6) is 11.5 Å². The van der Waals surface area contributed by atoms with Gasteiger partial charge in [0.05, 0.1) is 75.3 Å². The SMILES string of the molecule is COc1ccc(S(=O)(=O)CCOSOOO)cc1/N=N/c1c(SOOO)cc2cc(S(=O)(=O)O)c(/N=N/c3cccc(S(=O)(=O)CCOS(=O)(=O)O)c3)c(N)c2c1O. The van der Waals surface area contributed by atoms with Crippen molar-refractivity contribution in [1.29, 1.82) is 0 Å². The number of phenolic OH excluding ortho intramolecular Hbond substituents is 1. The summed E-state index contributed by atoms with van der Waals surface area (Å²) in [4.78, 5) is -1.87. The van der Waals surface area contributed by atoms with Crippen molar-refractivity contribution in [2.45, 2.75) is 19.6 Å². The molecule has 0 amide bonds. The fourth-order valence-electron chi connectivity index (χ4n) is 4.61. The summed E-state index contributed by atoms with van der Waals surface area (Å²) in [5.41, 5.74) is 4.00. The highest BCUT2D eigenvalue weighted by atomic mass is 32.3. The molecule has 0 saturated carbocycles. The van der Waals surface area contributed by atoms with Crippen molar-refractivity contribution in [3.8, 4) is 11.5 Å². The Labute approximate surface area is 336 Å². The second-order valence-electron chi connectivity index (χ2n) is 10.7. The Morgan fingerprint density at radius 1 is 0.759 bits per heavy atom. The van der Waals surface area contributed by atoms with Crippen LogP contribution in [0.15, 0.2) is 94.6 Å². The van der Waals surface area contributed by atoms with E-state index in [9.17, 15) is 43.3 Å². The van der Waals surface area contributed by atoms with E-state index in [0.29, 0.717) is 0 Å². The van der Waals surface area contributed by atoms with Crippen LogP contribution in [0, 0.1) is 0 Å². The lowest BCUT2D eigenvalue weighted by atomic mass is 10.1. The number of phenols is 1. The molecule has 0 aliphatic rings. The summed E-state index contributed by atoms with van der Waals surface area (Å²) >= 11 is 0.391. The number of anilines is 1. The van der Waals surface area contributed by atoms with E-state index in [4.69, 9.17) is 29.7 Å². The lowest BCUT2D eigenvalue weighted by Gasteiger charge is -2.14. The average Bonchev–Trinajstić information content (AvgIpc) is 3.15. The van der Waals surface area contributed by atoms with Crippen molar-refractivity contribution >= 4 is 104 Å². The van der Waals surface area contributed by atoms with Crippen LogP contribution >= 0.6 is 24.4 Å². The monoisotopic (exact) mass is 933 g/mol. The minimum Gasteiger partial charge on any atom is -0.505 e. The molecule has 4 aromatic rings. The maximum atomic E-state index is 12.9. The number of benzene rings is 4. The molecule has 58 heavy (non-hydrogen) atoms. The zero-order chi connectivity index (χ0) is 42.9. The van der Waals surface area contributed by atoms with E-state index in [1.165, 1.54) is 31.4 Å². The zero-order valence-corrected chi connectivity index (χ0v) is 33.6. The first-order chi connectivity index (χ1) is 27.2. The fraction of sp³-hybridized carbons (Fsp3) is 0.185. The van der Waals surface area contributed by atoms with Gasteiger partial charge in [0.2, 0.25) is 0 Å². The number of nitrogen functional groups attached to an aromatic ring is 1. The Hall–Kier alpha value is -4.16. The summed E-state index contributed by atoms with van der Waals surface area (Å²) in [5, 5.41) is 50.5. The fourth-order valence-corrected chi connectivity index (χ4v) is 8.73. The predicted octanol–water partition coefficient (Wildman–Crippen LogP) is 5.01. The van der Waals surface area contributed by atoms with Crippen molar-refractivity contribution in [2.24, 2.45) is 20.5 Å². The quantitative estimate of drug-likeness (QED) is 0.0122. The Morgan fingerprint density at radius 3 is 2.05 bits per heavy atom. The van der Waals surface area contributed by atoms with Gasteiger partial charge in [0, 0.05) is 0 Å². The van der Waals surface area contributed by atoms with Crippen LogP contribution in [0.25, 0.3) is 10.8 Å². The minimum absolute atomic E-state index is 0.00395. The number of sulfone groups is 2. The molecule has 7 N–H and O–H groups in total. The molecule has 0 radical (unpaired) electrons. The maximum Gasteiger partial charge on any atom is 0.397 e. The molecule has 0 spiro atoms. The molecular formula is C27H27N5O20S6. The minimum atomic E-state index is -5.17. The molecule has 25 nitrogen and oxygen atoms in total. The molecule has 4 aromatic carbocycles. The average molecular weight is 934 g/mol. The van der Waals surface area contributed by atoms with Gasteiger partial charge in [-0.1, -0.05) is 16.1 Å². The zero-order valence-electron chi connectivity index (χ0n) is 28.7. The molecule has 0 saturated heterocycles. The highest BCUT2D eigenvalue weighted by Crippen LogP contribution is 2.50. The van der Waals surface area contributed by atoms with E-state index < -0.39 is 97.5 Å². The smallest absolute Gasteiger partial charge is 0.397 e. The van der Waals surface area contributed by atoms with E-state index in [2.05, 4.69) is 43.4 Å². The number of hydrogen-bond donors (Lipinski definition) is 6. The summed E-state index contributed by atoms with van der Waals surface area (Å²) in [6, 6.07) is 9.94. The van der Waals surface area contributed by atoms with E-state index in [1.54, 1.807) is 0 Å². The Kier molecular flexibility index (Phi) is 15.8. The molecule has 0 aliphatic heterocycles. The predicted molar refractivity (Wildman–Crippen MR) is 198 cm³/mol. The van der Waals surface area contributed by atoms with Crippen LogP contribution in [0.4, 0.5) is 28.4 Å². The molecule has 0 bridgehead atoms. The molecule has 4 rings (SSSR count).